The van der Waals surface area contributed by atoms with Crippen LogP contribution in [0.5, 0.6) is 0 Å². The van der Waals surface area contributed by atoms with E-state index in [1.807, 2.05) is 0 Å². The maximum absolute atomic E-state index is 12.5. The third-order valence-electron chi connectivity index (χ3n) is 3.54. The third kappa shape index (κ3) is 7.92. The zero-order chi connectivity index (χ0) is 18.7. The summed E-state index contributed by atoms with van der Waals surface area (Å²) in [6.45, 7) is 3.76. The van der Waals surface area contributed by atoms with E-state index in [1.54, 1.807) is 24.7 Å². The summed E-state index contributed by atoms with van der Waals surface area (Å²) in [6.07, 6.45) is 3.91. The molecule has 0 radical (unpaired) electrons. The van der Waals surface area contributed by atoms with Crippen LogP contribution in [0, 0.1) is 0 Å². The molecule has 0 spiro atoms. The number of carbonyl (C=O) groups is 4. The van der Waals surface area contributed by atoms with E-state index in [4.69, 9.17) is 0 Å². The van der Waals surface area contributed by atoms with Crippen molar-refractivity contribution in [2.45, 2.75) is 39.5 Å². The molecule has 0 aromatic heterocycles. The van der Waals surface area contributed by atoms with E-state index in [0.717, 1.165) is 0 Å². The van der Waals surface area contributed by atoms with E-state index in [1.165, 1.54) is 45.7 Å². The molecule has 0 unspecified atom stereocenters. The molecule has 1 heterocycles. The van der Waals surface area contributed by atoms with Crippen molar-refractivity contribution >= 4 is 46.9 Å². The number of rotatable bonds is 8. The van der Waals surface area contributed by atoms with Crippen LogP contribution in [-0.2, 0) is 19.2 Å². The zero-order valence-electron chi connectivity index (χ0n) is 14.6. The smallest absolute Gasteiger partial charge is 0.265 e. The van der Waals surface area contributed by atoms with Gasteiger partial charge < -0.3 is 0 Å². The Bertz CT molecular complexity index is 513. The SMILES string of the molecule is CCC(=O)CCN1C(=O)/C=C/SCS/C=C/C(=O)N1CCC(=O)CC. The summed E-state index contributed by atoms with van der Waals surface area (Å²) in [5.41, 5.74) is 0. The van der Waals surface area contributed by atoms with Gasteiger partial charge in [-0.3, -0.25) is 19.2 Å². The van der Waals surface area contributed by atoms with Crippen molar-refractivity contribution in [2.24, 2.45) is 0 Å². The van der Waals surface area contributed by atoms with Gasteiger partial charge in [0.25, 0.3) is 11.8 Å². The van der Waals surface area contributed by atoms with Crippen molar-refractivity contribution in [3.63, 3.8) is 0 Å². The zero-order valence-corrected chi connectivity index (χ0v) is 16.2. The van der Waals surface area contributed by atoms with Gasteiger partial charge >= 0.3 is 0 Å². The molecule has 2 amide bonds. The van der Waals surface area contributed by atoms with Crippen LogP contribution in [-0.4, -0.2) is 51.6 Å². The van der Waals surface area contributed by atoms with E-state index in [-0.39, 0.29) is 49.3 Å². The molecule has 6 nitrogen and oxygen atoms in total. The van der Waals surface area contributed by atoms with E-state index >= 15 is 0 Å². The maximum atomic E-state index is 12.5. The second-order valence-corrected chi connectivity index (χ2v) is 7.42. The van der Waals surface area contributed by atoms with Crippen LogP contribution in [0.4, 0.5) is 0 Å². The number of carbonyl (C=O) groups excluding carboxylic acids is 4. The Morgan fingerprint density at radius 3 is 1.64 bits per heavy atom. The lowest BCUT2D eigenvalue weighted by molar-refractivity contribution is -0.158. The molecule has 0 aliphatic carbocycles. The summed E-state index contributed by atoms with van der Waals surface area (Å²) in [5, 5.41) is 6.61. The molecule has 25 heavy (non-hydrogen) atoms. The van der Waals surface area contributed by atoms with E-state index in [2.05, 4.69) is 0 Å². The molecule has 0 bridgehead atoms. The Morgan fingerprint density at radius 2 is 1.28 bits per heavy atom. The number of thioether (sulfide) groups is 2. The van der Waals surface area contributed by atoms with Gasteiger partial charge in [0.05, 0.1) is 0 Å². The lowest BCUT2D eigenvalue weighted by Crippen LogP contribution is -2.50. The van der Waals surface area contributed by atoms with Gasteiger partial charge in [-0.2, -0.15) is 0 Å². The molecule has 0 fully saturated rings. The predicted molar refractivity (Wildman–Crippen MR) is 102 cm³/mol. The predicted octanol–water partition coefficient (Wildman–Crippen LogP) is 2.76. The molecular weight excluding hydrogens is 360 g/mol. The lowest BCUT2D eigenvalue weighted by atomic mass is 10.2. The summed E-state index contributed by atoms with van der Waals surface area (Å²) in [7, 11) is 0. The van der Waals surface area contributed by atoms with Gasteiger partial charge in [-0.1, -0.05) is 13.8 Å². The van der Waals surface area contributed by atoms with Crippen LogP contribution in [0.15, 0.2) is 23.0 Å². The third-order valence-corrected chi connectivity index (χ3v) is 5.29. The monoisotopic (exact) mass is 384 g/mol. The molecule has 138 valence electrons. The first-order valence-electron chi connectivity index (χ1n) is 8.22. The Morgan fingerprint density at radius 1 is 0.880 bits per heavy atom. The highest BCUT2D eigenvalue weighted by molar-refractivity contribution is 8.18. The van der Waals surface area contributed by atoms with E-state index in [0.29, 0.717) is 17.9 Å². The van der Waals surface area contributed by atoms with Crippen LogP contribution in [0.3, 0.4) is 0 Å². The van der Waals surface area contributed by atoms with E-state index < -0.39 is 0 Å². The first-order valence-corrected chi connectivity index (χ1v) is 10.3. The summed E-state index contributed by atoms with van der Waals surface area (Å²) in [4.78, 5) is 48.4. The minimum atomic E-state index is -0.367. The molecule has 1 aliphatic heterocycles. The lowest BCUT2D eigenvalue weighted by Gasteiger charge is -2.33. The quantitative estimate of drug-likeness (QED) is 0.641. The Hall–Kier alpha value is -1.54. The highest BCUT2D eigenvalue weighted by Crippen LogP contribution is 2.17. The normalized spacial score (nSPS) is 18.6. The first kappa shape index (κ1) is 21.5. The fourth-order valence-corrected chi connectivity index (χ4v) is 3.39. The molecule has 8 heteroatoms. The van der Waals surface area contributed by atoms with Gasteiger partial charge in [0.2, 0.25) is 0 Å². The maximum Gasteiger partial charge on any atom is 0.265 e. The number of amides is 2. The molecule has 1 aliphatic rings. The standard InChI is InChI=1S/C17H24N2O4S2/c1-3-14(20)5-9-18-16(22)7-11-24-13-25-12-8-17(23)19(18)10-6-15(21)4-2/h7-8,11-12H,3-6,9-10,13H2,1-2H3/b11-7+,12-8+. The van der Waals surface area contributed by atoms with Crippen LogP contribution >= 0.6 is 23.5 Å². The van der Waals surface area contributed by atoms with Gasteiger partial charge in [0, 0.05) is 56.0 Å². The Balaban J connectivity index is 3.04. The number of ketones is 2. The number of hydrazine groups is 1. The molecule has 0 N–H and O–H groups in total. The average Bonchev–Trinajstić information content (AvgIpc) is 2.64. The van der Waals surface area contributed by atoms with Crippen molar-refractivity contribution in [1.82, 2.24) is 10.0 Å². The van der Waals surface area contributed by atoms with Crippen LogP contribution in [0.1, 0.15) is 39.5 Å². The molecule has 0 saturated carbocycles. The van der Waals surface area contributed by atoms with Crippen LogP contribution < -0.4 is 0 Å². The van der Waals surface area contributed by atoms with Crippen molar-refractivity contribution in [2.75, 3.05) is 18.2 Å². The van der Waals surface area contributed by atoms with Gasteiger partial charge in [0.15, 0.2) is 0 Å². The summed E-state index contributed by atoms with van der Waals surface area (Å²) in [6, 6.07) is 0. The number of Topliss-reactive ketones (excluding diaryl/α,β-unsaturated/α-hetero) is 2. The van der Waals surface area contributed by atoms with Gasteiger partial charge in [0.1, 0.15) is 11.6 Å². The van der Waals surface area contributed by atoms with Gasteiger partial charge in [-0.25, -0.2) is 10.0 Å². The second-order valence-electron chi connectivity index (χ2n) is 5.26. The fraction of sp³-hybridized carbons (Fsp3) is 0.529. The Kier molecular flexibility index (Phi) is 10.3. The van der Waals surface area contributed by atoms with Crippen LogP contribution in [0.25, 0.3) is 0 Å². The van der Waals surface area contributed by atoms with Crippen molar-refractivity contribution < 1.29 is 19.2 Å². The number of nitrogens with zero attached hydrogens (tertiary/aromatic N) is 2. The summed E-state index contributed by atoms with van der Waals surface area (Å²) >= 11 is 2.91. The van der Waals surface area contributed by atoms with Gasteiger partial charge in [-0.15, -0.1) is 23.5 Å². The van der Waals surface area contributed by atoms with Crippen molar-refractivity contribution in [1.29, 1.82) is 0 Å². The summed E-state index contributed by atoms with van der Waals surface area (Å²) in [5.74, 6) is -0.699. The van der Waals surface area contributed by atoms with Crippen molar-refractivity contribution in [3.8, 4) is 0 Å². The highest BCUT2D eigenvalue weighted by Gasteiger charge is 2.24. The highest BCUT2D eigenvalue weighted by atomic mass is 32.2. The van der Waals surface area contributed by atoms with Crippen molar-refractivity contribution in [3.05, 3.63) is 23.0 Å². The first-order chi connectivity index (χ1) is 12.0. The minimum Gasteiger partial charge on any atom is -0.300 e. The molecule has 0 saturated heterocycles. The number of hydrogen-bond acceptors (Lipinski definition) is 6. The average molecular weight is 385 g/mol. The van der Waals surface area contributed by atoms with Crippen LogP contribution in [0.2, 0.25) is 0 Å². The van der Waals surface area contributed by atoms with E-state index in [9.17, 15) is 19.2 Å². The molecule has 0 atom stereocenters. The molecular formula is C17H24N2O4S2. The fourth-order valence-electron chi connectivity index (χ4n) is 2.02. The summed E-state index contributed by atoms with van der Waals surface area (Å²) < 4.78 is 0. The second kappa shape index (κ2) is 11.9. The molecule has 1 rings (SSSR count). The largest absolute Gasteiger partial charge is 0.300 e. The minimum absolute atomic E-state index is 0.0172. The van der Waals surface area contributed by atoms with Gasteiger partial charge in [-0.05, 0) is 10.8 Å². The Labute approximate surface area is 157 Å². The topological polar surface area (TPSA) is 74.8 Å². The number of hydrogen-bond donors (Lipinski definition) is 0. The molecule has 0 aromatic carbocycles. The molecule has 0 aromatic rings.